The summed E-state index contributed by atoms with van der Waals surface area (Å²) >= 11 is 0. The SMILES string of the molecule is CCc1ccc(CC)c(Oc2nnc(-c3ccccc3)c3ccccc23)c1. The first-order valence-electron chi connectivity index (χ1n) is 9.40. The van der Waals surface area contributed by atoms with Gasteiger partial charge in [-0.15, -0.1) is 10.2 Å². The van der Waals surface area contributed by atoms with E-state index in [0.717, 1.165) is 40.6 Å². The Morgan fingerprint density at radius 1 is 0.741 bits per heavy atom. The van der Waals surface area contributed by atoms with Crippen LogP contribution in [0.25, 0.3) is 22.0 Å². The minimum absolute atomic E-state index is 0.549. The highest BCUT2D eigenvalue weighted by Gasteiger charge is 2.13. The fourth-order valence-corrected chi connectivity index (χ4v) is 3.27. The minimum Gasteiger partial charge on any atom is -0.437 e. The van der Waals surface area contributed by atoms with Crippen molar-refractivity contribution in [1.29, 1.82) is 0 Å². The van der Waals surface area contributed by atoms with Gasteiger partial charge in [0, 0.05) is 16.3 Å². The second-order valence-electron chi connectivity index (χ2n) is 6.52. The lowest BCUT2D eigenvalue weighted by molar-refractivity contribution is 0.456. The molecule has 0 aliphatic heterocycles. The van der Waals surface area contributed by atoms with Gasteiger partial charge in [-0.3, -0.25) is 0 Å². The Bertz CT molecular complexity index is 1070. The van der Waals surface area contributed by atoms with Crippen LogP contribution < -0.4 is 4.74 Å². The Labute approximate surface area is 159 Å². The Morgan fingerprint density at radius 2 is 1.48 bits per heavy atom. The van der Waals surface area contributed by atoms with Crippen LogP contribution in [-0.4, -0.2) is 10.2 Å². The highest BCUT2D eigenvalue weighted by atomic mass is 16.5. The second-order valence-corrected chi connectivity index (χ2v) is 6.52. The summed E-state index contributed by atoms with van der Waals surface area (Å²) in [5, 5.41) is 10.9. The predicted molar refractivity (Wildman–Crippen MR) is 110 cm³/mol. The maximum atomic E-state index is 6.27. The van der Waals surface area contributed by atoms with E-state index >= 15 is 0 Å². The normalized spacial score (nSPS) is 10.9. The first-order chi connectivity index (χ1) is 13.3. The molecule has 1 aromatic heterocycles. The van der Waals surface area contributed by atoms with Crippen molar-refractivity contribution < 1.29 is 4.74 Å². The van der Waals surface area contributed by atoms with E-state index in [4.69, 9.17) is 4.74 Å². The molecule has 0 amide bonds. The monoisotopic (exact) mass is 354 g/mol. The fraction of sp³-hybridized carbons (Fsp3) is 0.167. The summed E-state index contributed by atoms with van der Waals surface area (Å²) < 4.78 is 6.27. The highest BCUT2D eigenvalue weighted by Crippen LogP contribution is 2.34. The Balaban J connectivity index is 1.83. The van der Waals surface area contributed by atoms with E-state index in [1.807, 2.05) is 36.4 Å². The van der Waals surface area contributed by atoms with Crippen molar-refractivity contribution in [3.8, 4) is 22.9 Å². The smallest absolute Gasteiger partial charge is 0.246 e. The molecule has 0 fully saturated rings. The number of rotatable bonds is 5. The zero-order valence-corrected chi connectivity index (χ0v) is 15.6. The number of ether oxygens (including phenoxy) is 1. The summed E-state index contributed by atoms with van der Waals surface area (Å²) in [5.41, 5.74) is 4.34. The van der Waals surface area contributed by atoms with Crippen LogP contribution in [0.2, 0.25) is 0 Å². The molecule has 0 bridgehead atoms. The average molecular weight is 354 g/mol. The van der Waals surface area contributed by atoms with E-state index < -0.39 is 0 Å². The van der Waals surface area contributed by atoms with Crippen LogP contribution in [-0.2, 0) is 12.8 Å². The quantitative estimate of drug-likeness (QED) is 0.427. The predicted octanol–water partition coefficient (Wildman–Crippen LogP) is 6.21. The number of nitrogens with zero attached hydrogens (tertiary/aromatic N) is 2. The lowest BCUT2D eigenvalue weighted by atomic mass is 10.0. The molecule has 1 heterocycles. The van der Waals surface area contributed by atoms with Crippen LogP contribution >= 0.6 is 0 Å². The zero-order chi connectivity index (χ0) is 18.6. The molecule has 0 radical (unpaired) electrons. The van der Waals surface area contributed by atoms with E-state index in [1.54, 1.807) is 0 Å². The summed E-state index contributed by atoms with van der Waals surface area (Å²) in [5.74, 6) is 1.41. The third-order valence-electron chi connectivity index (χ3n) is 4.83. The number of benzene rings is 3. The van der Waals surface area contributed by atoms with Gasteiger partial charge >= 0.3 is 0 Å². The topological polar surface area (TPSA) is 35.0 Å². The van der Waals surface area contributed by atoms with E-state index in [9.17, 15) is 0 Å². The Hall–Kier alpha value is -3.20. The molecule has 4 rings (SSSR count). The van der Waals surface area contributed by atoms with E-state index in [-0.39, 0.29) is 0 Å². The van der Waals surface area contributed by atoms with Crippen LogP contribution in [0.4, 0.5) is 0 Å². The van der Waals surface area contributed by atoms with Gasteiger partial charge in [0.05, 0.1) is 0 Å². The van der Waals surface area contributed by atoms with Gasteiger partial charge in [0.15, 0.2) is 0 Å². The summed E-state index contributed by atoms with van der Waals surface area (Å²) in [6, 6.07) is 24.7. The summed E-state index contributed by atoms with van der Waals surface area (Å²) in [6.45, 7) is 4.28. The molecule has 0 N–H and O–H groups in total. The number of hydrogen-bond acceptors (Lipinski definition) is 3. The lowest BCUT2D eigenvalue weighted by Gasteiger charge is -2.13. The molecule has 27 heavy (non-hydrogen) atoms. The van der Waals surface area contributed by atoms with Gasteiger partial charge in [-0.25, -0.2) is 0 Å². The van der Waals surface area contributed by atoms with Gasteiger partial charge in [0.1, 0.15) is 11.4 Å². The summed E-state index contributed by atoms with van der Waals surface area (Å²) in [6.07, 6.45) is 1.88. The van der Waals surface area contributed by atoms with Crippen molar-refractivity contribution in [1.82, 2.24) is 10.2 Å². The molecule has 0 atom stereocenters. The molecule has 0 aliphatic carbocycles. The Kier molecular flexibility index (Phi) is 4.84. The number of aryl methyl sites for hydroxylation is 2. The van der Waals surface area contributed by atoms with Crippen LogP contribution in [0.15, 0.2) is 72.8 Å². The maximum Gasteiger partial charge on any atom is 0.246 e. The standard InChI is InChI=1S/C24H22N2O/c1-3-17-14-15-18(4-2)22(16-17)27-24-21-13-9-8-12-20(21)23(25-26-24)19-10-6-5-7-11-19/h5-16H,3-4H2,1-2H3. The molecule has 3 aromatic carbocycles. The van der Waals surface area contributed by atoms with E-state index in [2.05, 4.69) is 60.4 Å². The van der Waals surface area contributed by atoms with Crippen molar-refractivity contribution >= 4 is 10.8 Å². The lowest BCUT2D eigenvalue weighted by Crippen LogP contribution is -1.98. The number of fused-ring (bicyclic) bond motifs is 1. The molecule has 4 aromatic rings. The molecule has 3 heteroatoms. The van der Waals surface area contributed by atoms with E-state index in [0.29, 0.717) is 5.88 Å². The first-order valence-corrected chi connectivity index (χ1v) is 9.40. The van der Waals surface area contributed by atoms with Crippen LogP contribution in [0.3, 0.4) is 0 Å². The van der Waals surface area contributed by atoms with Gasteiger partial charge < -0.3 is 4.74 Å². The van der Waals surface area contributed by atoms with Gasteiger partial charge in [-0.2, -0.15) is 0 Å². The van der Waals surface area contributed by atoms with Crippen molar-refractivity contribution in [3.05, 3.63) is 83.9 Å². The molecule has 0 saturated heterocycles. The third-order valence-corrected chi connectivity index (χ3v) is 4.83. The molecular weight excluding hydrogens is 332 g/mol. The Morgan fingerprint density at radius 3 is 2.22 bits per heavy atom. The van der Waals surface area contributed by atoms with Crippen molar-refractivity contribution in [2.45, 2.75) is 26.7 Å². The molecule has 0 aliphatic rings. The maximum absolute atomic E-state index is 6.27. The van der Waals surface area contributed by atoms with Crippen LogP contribution in [0, 0.1) is 0 Å². The largest absolute Gasteiger partial charge is 0.437 e. The van der Waals surface area contributed by atoms with Crippen LogP contribution in [0.1, 0.15) is 25.0 Å². The minimum atomic E-state index is 0.549. The molecule has 134 valence electrons. The zero-order valence-electron chi connectivity index (χ0n) is 15.6. The highest BCUT2D eigenvalue weighted by molar-refractivity contribution is 5.97. The fourth-order valence-electron chi connectivity index (χ4n) is 3.27. The van der Waals surface area contributed by atoms with Crippen molar-refractivity contribution in [2.24, 2.45) is 0 Å². The molecule has 3 nitrogen and oxygen atoms in total. The van der Waals surface area contributed by atoms with Gasteiger partial charge in [0.25, 0.3) is 0 Å². The van der Waals surface area contributed by atoms with Gasteiger partial charge in [0.2, 0.25) is 5.88 Å². The summed E-state index contributed by atoms with van der Waals surface area (Å²) in [4.78, 5) is 0. The molecule has 0 unspecified atom stereocenters. The number of hydrogen-bond donors (Lipinski definition) is 0. The van der Waals surface area contributed by atoms with Crippen LogP contribution in [0.5, 0.6) is 11.6 Å². The van der Waals surface area contributed by atoms with Crippen molar-refractivity contribution in [2.75, 3.05) is 0 Å². The third kappa shape index (κ3) is 3.41. The van der Waals surface area contributed by atoms with Crippen molar-refractivity contribution in [3.63, 3.8) is 0 Å². The molecular formula is C24H22N2O. The average Bonchev–Trinajstić information content (AvgIpc) is 2.74. The van der Waals surface area contributed by atoms with E-state index in [1.165, 1.54) is 11.1 Å². The van der Waals surface area contributed by atoms with Gasteiger partial charge in [-0.1, -0.05) is 74.5 Å². The number of aromatic nitrogens is 2. The summed E-state index contributed by atoms with van der Waals surface area (Å²) in [7, 11) is 0. The first kappa shape index (κ1) is 17.2. The van der Waals surface area contributed by atoms with Gasteiger partial charge in [-0.05, 0) is 36.1 Å². The molecule has 0 saturated carbocycles. The second kappa shape index (κ2) is 7.58. The molecule has 0 spiro atoms.